The molecule has 0 spiro atoms. The first-order chi connectivity index (χ1) is 11.6. The second-order valence-electron chi connectivity index (χ2n) is 6.65. The van der Waals surface area contributed by atoms with E-state index in [0.29, 0.717) is 5.92 Å². The predicted octanol–water partition coefficient (Wildman–Crippen LogP) is 1.19. The molecule has 1 amide bonds. The maximum atomic E-state index is 11.2. The van der Waals surface area contributed by atoms with E-state index in [9.17, 15) is 4.79 Å². The van der Waals surface area contributed by atoms with Gasteiger partial charge in [-0.05, 0) is 32.6 Å². The maximum absolute atomic E-state index is 11.2. The van der Waals surface area contributed by atoms with Crippen LogP contribution in [0.15, 0.2) is 12.4 Å². The van der Waals surface area contributed by atoms with Crippen molar-refractivity contribution >= 4 is 11.7 Å². The summed E-state index contributed by atoms with van der Waals surface area (Å²) in [5.74, 6) is 1.98. The molecule has 1 saturated heterocycles. The number of aromatic nitrogens is 5. The fourth-order valence-corrected chi connectivity index (χ4v) is 3.20. The van der Waals surface area contributed by atoms with Gasteiger partial charge < -0.3 is 10.6 Å². The zero-order valence-electron chi connectivity index (χ0n) is 13.7. The molecule has 0 aromatic carbocycles. The van der Waals surface area contributed by atoms with Crippen LogP contribution in [-0.4, -0.2) is 43.7 Å². The molecular weight excluding hydrogens is 306 g/mol. The largest absolute Gasteiger partial charge is 0.363 e. The van der Waals surface area contributed by atoms with Gasteiger partial charge in [0.05, 0.1) is 6.04 Å². The van der Waals surface area contributed by atoms with Crippen LogP contribution >= 0.6 is 0 Å². The highest BCUT2D eigenvalue weighted by Crippen LogP contribution is 2.39. The minimum atomic E-state index is -0.595. The Balaban J connectivity index is 1.55. The standard InChI is InChI=1S/C16H21N7O/c1-10-7-13(20-15(19-10)11-4-5-11)22-6-2-3-12(8-22)23-9-18-16(21-23)14(17)24/h7,9,11-12H,2-6,8H2,1H3,(H2,17,24). The smallest absolute Gasteiger partial charge is 0.288 e. The Morgan fingerprint density at radius 2 is 2.12 bits per heavy atom. The first kappa shape index (κ1) is 15.0. The topological polar surface area (TPSA) is 103 Å². The summed E-state index contributed by atoms with van der Waals surface area (Å²) in [6.45, 7) is 3.78. The van der Waals surface area contributed by atoms with E-state index in [1.54, 1.807) is 11.0 Å². The lowest BCUT2D eigenvalue weighted by molar-refractivity contribution is 0.0990. The van der Waals surface area contributed by atoms with Crippen molar-refractivity contribution in [3.05, 3.63) is 29.7 Å². The van der Waals surface area contributed by atoms with Crippen LogP contribution < -0.4 is 10.6 Å². The number of piperidine rings is 1. The lowest BCUT2D eigenvalue weighted by atomic mass is 10.1. The summed E-state index contributed by atoms with van der Waals surface area (Å²) in [6, 6.07) is 2.21. The average molecular weight is 327 g/mol. The Hall–Kier alpha value is -2.51. The Labute approximate surface area is 140 Å². The molecule has 2 N–H and O–H groups in total. The van der Waals surface area contributed by atoms with E-state index in [-0.39, 0.29) is 11.9 Å². The van der Waals surface area contributed by atoms with Gasteiger partial charge in [0.2, 0.25) is 5.82 Å². The van der Waals surface area contributed by atoms with Crippen molar-refractivity contribution in [3.8, 4) is 0 Å². The van der Waals surface area contributed by atoms with Gasteiger partial charge in [0.25, 0.3) is 5.91 Å². The first-order valence-corrected chi connectivity index (χ1v) is 8.41. The summed E-state index contributed by atoms with van der Waals surface area (Å²) in [7, 11) is 0. The highest BCUT2D eigenvalue weighted by molar-refractivity contribution is 5.88. The Morgan fingerprint density at radius 1 is 1.29 bits per heavy atom. The van der Waals surface area contributed by atoms with Crippen LogP contribution in [-0.2, 0) is 0 Å². The molecule has 1 unspecified atom stereocenters. The Bertz CT molecular complexity index is 768. The minimum absolute atomic E-state index is 0.0704. The Morgan fingerprint density at radius 3 is 2.83 bits per heavy atom. The van der Waals surface area contributed by atoms with Gasteiger partial charge >= 0.3 is 0 Å². The molecule has 4 rings (SSSR count). The number of amides is 1. The quantitative estimate of drug-likeness (QED) is 0.905. The van der Waals surface area contributed by atoms with Crippen LogP contribution in [0.1, 0.15) is 59.8 Å². The average Bonchev–Trinajstić information content (AvgIpc) is 3.31. The molecule has 126 valence electrons. The van der Waals surface area contributed by atoms with E-state index in [1.165, 1.54) is 12.8 Å². The molecule has 1 atom stereocenters. The number of carbonyl (C=O) groups is 1. The van der Waals surface area contributed by atoms with Gasteiger partial charge in [0, 0.05) is 30.8 Å². The first-order valence-electron chi connectivity index (χ1n) is 8.41. The van der Waals surface area contributed by atoms with Crippen LogP contribution in [0.3, 0.4) is 0 Å². The lowest BCUT2D eigenvalue weighted by Crippen LogP contribution is -2.37. The van der Waals surface area contributed by atoms with Gasteiger partial charge in [-0.3, -0.25) is 4.79 Å². The maximum Gasteiger partial charge on any atom is 0.288 e. The monoisotopic (exact) mass is 327 g/mol. The summed E-state index contributed by atoms with van der Waals surface area (Å²) in [5, 5.41) is 4.21. The van der Waals surface area contributed by atoms with E-state index in [0.717, 1.165) is 43.3 Å². The minimum Gasteiger partial charge on any atom is -0.363 e. The lowest BCUT2D eigenvalue weighted by Gasteiger charge is -2.33. The van der Waals surface area contributed by atoms with Gasteiger partial charge in [-0.15, -0.1) is 5.10 Å². The number of nitrogens with two attached hydrogens (primary N) is 1. The van der Waals surface area contributed by atoms with Crippen molar-refractivity contribution in [1.82, 2.24) is 24.7 Å². The van der Waals surface area contributed by atoms with Crippen LogP contribution in [0.2, 0.25) is 0 Å². The summed E-state index contributed by atoms with van der Waals surface area (Å²) in [6.07, 6.45) is 6.02. The molecule has 2 aromatic rings. The van der Waals surface area contributed by atoms with Gasteiger partial charge in [-0.25, -0.2) is 19.6 Å². The molecule has 0 radical (unpaired) electrons. The summed E-state index contributed by atoms with van der Waals surface area (Å²) < 4.78 is 1.75. The molecule has 1 aliphatic carbocycles. The number of aryl methyl sites for hydroxylation is 1. The number of nitrogens with zero attached hydrogens (tertiary/aromatic N) is 6. The molecule has 24 heavy (non-hydrogen) atoms. The van der Waals surface area contributed by atoms with Crippen molar-refractivity contribution in [2.24, 2.45) is 5.73 Å². The zero-order valence-corrected chi connectivity index (χ0v) is 13.7. The number of hydrogen-bond acceptors (Lipinski definition) is 6. The van der Waals surface area contributed by atoms with Crippen LogP contribution in [0.4, 0.5) is 5.82 Å². The molecule has 2 fully saturated rings. The third-order valence-corrected chi connectivity index (χ3v) is 4.62. The molecule has 8 nitrogen and oxygen atoms in total. The summed E-state index contributed by atoms with van der Waals surface area (Å²) >= 11 is 0. The van der Waals surface area contributed by atoms with Gasteiger partial charge in [0.15, 0.2) is 0 Å². The molecular formula is C16H21N7O. The second-order valence-corrected chi connectivity index (χ2v) is 6.65. The van der Waals surface area contributed by atoms with E-state index < -0.39 is 5.91 Å². The Kier molecular flexibility index (Phi) is 3.66. The van der Waals surface area contributed by atoms with Crippen molar-refractivity contribution in [2.75, 3.05) is 18.0 Å². The highest BCUT2D eigenvalue weighted by atomic mass is 16.1. The fourth-order valence-electron chi connectivity index (χ4n) is 3.20. The zero-order chi connectivity index (χ0) is 16.7. The third kappa shape index (κ3) is 2.95. The van der Waals surface area contributed by atoms with Crippen LogP contribution in [0.5, 0.6) is 0 Å². The molecule has 0 bridgehead atoms. The van der Waals surface area contributed by atoms with E-state index >= 15 is 0 Å². The van der Waals surface area contributed by atoms with E-state index in [4.69, 9.17) is 10.7 Å². The third-order valence-electron chi connectivity index (χ3n) is 4.62. The molecule has 8 heteroatoms. The van der Waals surface area contributed by atoms with E-state index in [2.05, 4.69) is 20.0 Å². The second kappa shape index (κ2) is 5.85. The van der Waals surface area contributed by atoms with Gasteiger partial charge in [-0.1, -0.05) is 0 Å². The molecule has 2 aliphatic rings. The molecule has 1 saturated carbocycles. The van der Waals surface area contributed by atoms with Gasteiger partial charge in [-0.2, -0.15) is 0 Å². The molecule has 2 aromatic heterocycles. The number of primary amides is 1. The van der Waals surface area contributed by atoms with Crippen molar-refractivity contribution in [3.63, 3.8) is 0 Å². The number of anilines is 1. The van der Waals surface area contributed by atoms with E-state index in [1.807, 2.05) is 13.0 Å². The number of rotatable bonds is 4. The van der Waals surface area contributed by atoms with Crippen molar-refractivity contribution < 1.29 is 4.79 Å². The highest BCUT2D eigenvalue weighted by Gasteiger charge is 2.29. The molecule has 3 heterocycles. The van der Waals surface area contributed by atoms with Crippen molar-refractivity contribution in [1.29, 1.82) is 0 Å². The molecule has 1 aliphatic heterocycles. The normalized spacial score (nSPS) is 21.0. The van der Waals surface area contributed by atoms with Crippen LogP contribution in [0, 0.1) is 6.92 Å². The van der Waals surface area contributed by atoms with Crippen LogP contribution in [0.25, 0.3) is 0 Å². The number of carbonyl (C=O) groups excluding carboxylic acids is 1. The summed E-state index contributed by atoms with van der Waals surface area (Å²) in [5.41, 5.74) is 6.25. The number of hydrogen-bond donors (Lipinski definition) is 1. The van der Waals surface area contributed by atoms with Gasteiger partial charge in [0.1, 0.15) is 18.0 Å². The van der Waals surface area contributed by atoms with Crippen molar-refractivity contribution in [2.45, 2.75) is 44.6 Å². The fraction of sp³-hybridized carbons (Fsp3) is 0.562. The SMILES string of the molecule is Cc1cc(N2CCCC(n3cnc(C(N)=O)n3)C2)nc(C2CC2)n1. The summed E-state index contributed by atoms with van der Waals surface area (Å²) in [4.78, 5) is 26.8. The predicted molar refractivity (Wildman–Crippen MR) is 87.8 cm³/mol.